The molecule has 1 saturated carbocycles. The number of sulfonamides is 1. The molecule has 3 rings (SSSR count). The van der Waals surface area contributed by atoms with E-state index in [4.69, 9.17) is 0 Å². The van der Waals surface area contributed by atoms with Crippen molar-refractivity contribution in [3.8, 4) is 0 Å². The summed E-state index contributed by atoms with van der Waals surface area (Å²) in [6.07, 6.45) is 1.88. The number of rotatable bonds is 5. The first-order chi connectivity index (χ1) is 11.3. The standard InChI is InChI=1S/C16H14F2N2O3S/c17-14-7-6-13(9-15(14)18)24(22,23)20-12-3-1-2-10(8-12)16(21)19-11-4-5-11/h1-3,6-9,11,20H,4-5H2,(H,19,21). The predicted molar refractivity (Wildman–Crippen MR) is 84.1 cm³/mol. The highest BCUT2D eigenvalue weighted by Gasteiger charge is 2.24. The summed E-state index contributed by atoms with van der Waals surface area (Å²) in [5, 5.41) is 2.80. The Balaban J connectivity index is 1.81. The van der Waals surface area contributed by atoms with E-state index in [9.17, 15) is 22.0 Å². The summed E-state index contributed by atoms with van der Waals surface area (Å²) in [5.41, 5.74) is 0.468. The van der Waals surface area contributed by atoms with Gasteiger partial charge in [-0.3, -0.25) is 9.52 Å². The number of hydrogen-bond donors (Lipinski definition) is 2. The largest absolute Gasteiger partial charge is 0.349 e. The third-order valence-electron chi connectivity index (χ3n) is 3.49. The van der Waals surface area contributed by atoms with E-state index in [-0.39, 0.29) is 17.6 Å². The van der Waals surface area contributed by atoms with E-state index in [0.717, 1.165) is 25.0 Å². The fourth-order valence-electron chi connectivity index (χ4n) is 2.08. The maximum Gasteiger partial charge on any atom is 0.261 e. The number of anilines is 1. The van der Waals surface area contributed by atoms with Gasteiger partial charge < -0.3 is 5.32 Å². The van der Waals surface area contributed by atoms with Crippen molar-refractivity contribution in [2.45, 2.75) is 23.8 Å². The minimum atomic E-state index is -4.09. The fraction of sp³-hybridized carbons (Fsp3) is 0.188. The van der Waals surface area contributed by atoms with Gasteiger partial charge in [0.1, 0.15) is 0 Å². The number of nitrogens with one attached hydrogen (secondary N) is 2. The Hall–Kier alpha value is -2.48. The Labute approximate surface area is 137 Å². The van der Waals surface area contributed by atoms with Gasteiger partial charge in [-0.1, -0.05) is 6.07 Å². The minimum absolute atomic E-state index is 0.156. The van der Waals surface area contributed by atoms with Crippen LogP contribution in [0.1, 0.15) is 23.2 Å². The van der Waals surface area contributed by atoms with Gasteiger partial charge in [-0.2, -0.15) is 0 Å². The van der Waals surface area contributed by atoms with Gasteiger partial charge in [-0.25, -0.2) is 17.2 Å². The molecule has 2 N–H and O–H groups in total. The molecule has 0 spiro atoms. The van der Waals surface area contributed by atoms with Crippen LogP contribution in [0.25, 0.3) is 0 Å². The molecule has 0 unspecified atom stereocenters. The molecular formula is C16H14F2N2O3S. The van der Waals surface area contributed by atoms with E-state index in [1.807, 2.05) is 0 Å². The highest BCUT2D eigenvalue weighted by Crippen LogP contribution is 2.21. The van der Waals surface area contributed by atoms with Crippen LogP contribution in [0.5, 0.6) is 0 Å². The Morgan fingerprint density at radius 2 is 1.79 bits per heavy atom. The van der Waals surface area contributed by atoms with Crippen molar-refractivity contribution in [2.75, 3.05) is 4.72 Å². The lowest BCUT2D eigenvalue weighted by atomic mass is 10.2. The van der Waals surface area contributed by atoms with Gasteiger partial charge in [0.05, 0.1) is 4.90 Å². The van der Waals surface area contributed by atoms with Gasteiger partial charge in [-0.05, 0) is 49.2 Å². The van der Waals surface area contributed by atoms with Crippen LogP contribution in [0.15, 0.2) is 47.4 Å². The number of amides is 1. The molecule has 1 amide bonds. The van der Waals surface area contributed by atoms with Gasteiger partial charge in [0, 0.05) is 17.3 Å². The van der Waals surface area contributed by atoms with E-state index in [2.05, 4.69) is 10.0 Å². The summed E-state index contributed by atoms with van der Waals surface area (Å²) in [6, 6.07) is 8.42. The van der Waals surface area contributed by atoms with E-state index < -0.39 is 26.6 Å². The van der Waals surface area contributed by atoms with Crippen LogP contribution in [0.2, 0.25) is 0 Å². The predicted octanol–water partition coefficient (Wildman–Crippen LogP) is 2.66. The van der Waals surface area contributed by atoms with Gasteiger partial charge in [0.25, 0.3) is 15.9 Å². The van der Waals surface area contributed by atoms with E-state index in [0.29, 0.717) is 11.6 Å². The summed E-state index contributed by atoms with van der Waals surface area (Å²) in [4.78, 5) is 11.6. The van der Waals surface area contributed by atoms with E-state index in [1.165, 1.54) is 18.2 Å². The van der Waals surface area contributed by atoms with Gasteiger partial charge in [-0.15, -0.1) is 0 Å². The first kappa shape index (κ1) is 16.4. The van der Waals surface area contributed by atoms with Crippen LogP contribution in [-0.2, 0) is 10.0 Å². The fourth-order valence-corrected chi connectivity index (χ4v) is 3.14. The van der Waals surface area contributed by atoms with E-state index in [1.54, 1.807) is 6.07 Å². The van der Waals surface area contributed by atoms with Crippen LogP contribution in [0.3, 0.4) is 0 Å². The maximum atomic E-state index is 13.2. The lowest BCUT2D eigenvalue weighted by Gasteiger charge is -2.10. The third-order valence-corrected chi connectivity index (χ3v) is 4.87. The molecule has 2 aromatic rings. The monoisotopic (exact) mass is 352 g/mol. The number of hydrogen-bond acceptors (Lipinski definition) is 3. The molecule has 0 saturated heterocycles. The zero-order chi connectivity index (χ0) is 17.3. The van der Waals surface area contributed by atoms with Crippen LogP contribution in [0.4, 0.5) is 14.5 Å². The first-order valence-corrected chi connectivity index (χ1v) is 8.72. The van der Waals surface area contributed by atoms with Crippen molar-refractivity contribution in [3.05, 3.63) is 59.7 Å². The van der Waals surface area contributed by atoms with Crippen molar-refractivity contribution in [1.29, 1.82) is 0 Å². The van der Waals surface area contributed by atoms with Crippen LogP contribution in [-0.4, -0.2) is 20.4 Å². The smallest absolute Gasteiger partial charge is 0.261 e. The summed E-state index contributed by atoms with van der Waals surface area (Å²) < 4.78 is 52.9. The van der Waals surface area contributed by atoms with Crippen molar-refractivity contribution < 1.29 is 22.0 Å². The number of carbonyl (C=O) groups excluding carboxylic acids is 1. The molecule has 1 fully saturated rings. The number of halogens is 2. The van der Waals surface area contributed by atoms with Crippen LogP contribution in [0, 0.1) is 11.6 Å². The normalized spacial score (nSPS) is 14.2. The van der Waals surface area contributed by atoms with Gasteiger partial charge >= 0.3 is 0 Å². The topological polar surface area (TPSA) is 75.3 Å². The van der Waals surface area contributed by atoms with Crippen LogP contribution >= 0.6 is 0 Å². The lowest BCUT2D eigenvalue weighted by molar-refractivity contribution is 0.0951. The molecule has 0 aliphatic heterocycles. The highest BCUT2D eigenvalue weighted by molar-refractivity contribution is 7.92. The molecular weight excluding hydrogens is 338 g/mol. The molecule has 0 bridgehead atoms. The second kappa shape index (κ2) is 6.20. The molecule has 2 aromatic carbocycles. The Kier molecular flexibility index (Phi) is 4.23. The van der Waals surface area contributed by atoms with Crippen LogP contribution < -0.4 is 10.0 Å². The van der Waals surface area contributed by atoms with Gasteiger partial charge in [0.15, 0.2) is 11.6 Å². The summed E-state index contributed by atoms with van der Waals surface area (Å²) in [7, 11) is -4.09. The molecule has 8 heteroatoms. The summed E-state index contributed by atoms with van der Waals surface area (Å²) in [5.74, 6) is -2.67. The molecule has 126 valence electrons. The number of benzene rings is 2. The van der Waals surface area contributed by atoms with Crippen molar-refractivity contribution >= 4 is 21.6 Å². The average molecular weight is 352 g/mol. The Morgan fingerprint density at radius 1 is 1.04 bits per heavy atom. The summed E-state index contributed by atoms with van der Waals surface area (Å²) in [6.45, 7) is 0. The van der Waals surface area contributed by atoms with Crippen molar-refractivity contribution in [3.63, 3.8) is 0 Å². The molecule has 1 aliphatic carbocycles. The zero-order valence-corrected chi connectivity index (χ0v) is 13.2. The maximum absolute atomic E-state index is 13.2. The molecule has 5 nitrogen and oxygen atoms in total. The Bertz CT molecular complexity index is 896. The zero-order valence-electron chi connectivity index (χ0n) is 12.4. The SMILES string of the molecule is O=C(NC1CC1)c1cccc(NS(=O)(=O)c2ccc(F)c(F)c2)c1. The molecule has 0 heterocycles. The van der Waals surface area contributed by atoms with Crippen molar-refractivity contribution in [1.82, 2.24) is 5.32 Å². The second-order valence-corrected chi connectivity index (χ2v) is 7.19. The van der Waals surface area contributed by atoms with Crippen molar-refractivity contribution in [2.24, 2.45) is 0 Å². The third kappa shape index (κ3) is 3.70. The molecule has 24 heavy (non-hydrogen) atoms. The van der Waals surface area contributed by atoms with Gasteiger partial charge in [0.2, 0.25) is 0 Å². The molecule has 1 aliphatic rings. The minimum Gasteiger partial charge on any atom is -0.349 e. The highest BCUT2D eigenvalue weighted by atomic mass is 32.2. The van der Waals surface area contributed by atoms with E-state index >= 15 is 0 Å². The number of carbonyl (C=O) groups is 1. The molecule has 0 radical (unpaired) electrons. The quantitative estimate of drug-likeness (QED) is 0.869. The average Bonchev–Trinajstić information content (AvgIpc) is 3.33. The summed E-state index contributed by atoms with van der Waals surface area (Å²) >= 11 is 0. The lowest BCUT2D eigenvalue weighted by Crippen LogP contribution is -2.25. The second-order valence-electron chi connectivity index (χ2n) is 5.51. The Morgan fingerprint density at radius 3 is 2.46 bits per heavy atom. The first-order valence-electron chi connectivity index (χ1n) is 7.24. The molecule has 0 atom stereocenters. The molecule has 0 aromatic heterocycles.